The molecule has 122 valence electrons. The van der Waals surface area contributed by atoms with E-state index in [1.807, 2.05) is 35.9 Å². The van der Waals surface area contributed by atoms with Crippen molar-refractivity contribution in [2.24, 2.45) is 0 Å². The summed E-state index contributed by atoms with van der Waals surface area (Å²) >= 11 is 0. The lowest BCUT2D eigenvalue weighted by molar-refractivity contribution is -0.379. The minimum atomic E-state index is -0.658. The topological polar surface area (TPSA) is 99.1 Å². The van der Waals surface area contributed by atoms with Gasteiger partial charge in [0.2, 0.25) is 0 Å². The number of nitroso groups, excluding NO2 is 1. The molecule has 0 spiro atoms. The van der Waals surface area contributed by atoms with Crippen LogP contribution in [0.25, 0.3) is 11.3 Å². The van der Waals surface area contributed by atoms with Crippen molar-refractivity contribution in [3.63, 3.8) is 0 Å². The Morgan fingerprint density at radius 3 is 2.88 bits per heavy atom. The van der Waals surface area contributed by atoms with Crippen LogP contribution in [0.3, 0.4) is 0 Å². The van der Waals surface area contributed by atoms with Crippen LogP contribution in [0.15, 0.2) is 61.1 Å². The molecule has 3 aromatic rings. The summed E-state index contributed by atoms with van der Waals surface area (Å²) in [5, 5.41) is 12.5. The minimum Gasteiger partial charge on any atom is -0.870 e. The van der Waals surface area contributed by atoms with Gasteiger partial charge in [-0.05, 0) is 11.1 Å². The average molecular weight is 323 g/mol. The van der Waals surface area contributed by atoms with E-state index in [0.717, 1.165) is 16.8 Å². The van der Waals surface area contributed by atoms with E-state index in [4.69, 9.17) is 0 Å². The highest BCUT2D eigenvalue weighted by Crippen LogP contribution is 2.42. The van der Waals surface area contributed by atoms with Crippen LogP contribution in [0, 0.1) is 4.91 Å². The molecule has 2 atom stereocenters. The maximum Gasteiger partial charge on any atom is 0.253 e. The van der Waals surface area contributed by atoms with Gasteiger partial charge in [-0.3, -0.25) is 0 Å². The number of nitrogens with zero attached hydrogens (tertiary/aromatic N) is 2. The summed E-state index contributed by atoms with van der Waals surface area (Å²) in [6, 6.07) is 15.2. The summed E-state index contributed by atoms with van der Waals surface area (Å²) in [6.07, 6.45) is 3.53. The normalized spacial score (nSPS) is 16.0. The molecule has 6 nitrogen and oxygen atoms in total. The van der Waals surface area contributed by atoms with Crippen molar-refractivity contribution in [2.45, 2.75) is 18.6 Å². The van der Waals surface area contributed by atoms with Crippen LogP contribution in [-0.2, 0) is 0 Å². The zero-order valence-electron chi connectivity index (χ0n) is 12.8. The highest BCUT2D eigenvalue weighted by molar-refractivity contribution is 5.68. The highest BCUT2D eigenvalue weighted by atomic mass is 16.3. The molecule has 2 heterocycles. The van der Waals surface area contributed by atoms with Gasteiger partial charge in [0.1, 0.15) is 0 Å². The van der Waals surface area contributed by atoms with Gasteiger partial charge >= 0.3 is 0 Å². The van der Waals surface area contributed by atoms with Gasteiger partial charge in [0, 0.05) is 34.2 Å². The Bertz CT molecular complexity index is 875. The molecule has 0 amide bonds. The zero-order chi connectivity index (χ0) is 15.8. The van der Waals surface area contributed by atoms with Gasteiger partial charge in [-0.2, -0.15) is 0 Å². The summed E-state index contributed by atoms with van der Waals surface area (Å²) in [5.41, 5.74) is 4.63. The predicted molar refractivity (Wildman–Crippen MR) is 87.7 cm³/mol. The van der Waals surface area contributed by atoms with E-state index in [1.54, 1.807) is 18.2 Å². The molecule has 0 saturated heterocycles. The molecule has 0 aliphatic carbocycles. The van der Waals surface area contributed by atoms with Crippen molar-refractivity contribution in [2.75, 3.05) is 0 Å². The summed E-state index contributed by atoms with van der Waals surface area (Å²) in [6.45, 7) is 0. The number of hydrogen-bond acceptors (Lipinski definition) is 4. The molecule has 0 radical (unpaired) electrons. The van der Waals surface area contributed by atoms with Gasteiger partial charge in [-0.25, -0.2) is 4.98 Å². The Hall–Kier alpha value is -2.83. The summed E-state index contributed by atoms with van der Waals surface area (Å²) in [5.74, 6) is 0. The van der Waals surface area contributed by atoms with Gasteiger partial charge in [-0.1, -0.05) is 36.4 Å². The molecule has 0 bridgehead atoms. The molecule has 4 rings (SSSR count). The summed E-state index contributed by atoms with van der Waals surface area (Å²) in [4.78, 5) is 15.0. The number of benzene rings is 2. The van der Waals surface area contributed by atoms with Crippen LogP contribution in [0.2, 0.25) is 0 Å². The molecule has 1 aromatic heterocycles. The van der Waals surface area contributed by atoms with E-state index in [9.17, 15) is 10.0 Å². The second-order valence-corrected chi connectivity index (χ2v) is 5.77. The number of aliphatic hydroxyl groups is 1. The average Bonchev–Trinajstić information content (AvgIpc) is 3.18. The molecule has 3 N–H and O–H groups in total. The summed E-state index contributed by atoms with van der Waals surface area (Å²) < 4.78 is 2.10. The van der Waals surface area contributed by atoms with Crippen LogP contribution < -0.4 is 5.18 Å². The van der Waals surface area contributed by atoms with E-state index >= 15 is 0 Å². The van der Waals surface area contributed by atoms with E-state index in [0.29, 0.717) is 12.1 Å². The van der Waals surface area contributed by atoms with E-state index in [-0.39, 0.29) is 11.5 Å². The minimum absolute atomic E-state index is 0. The van der Waals surface area contributed by atoms with Crippen molar-refractivity contribution < 1.29 is 15.8 Å². The predicted octanol–water partition coefficient (Wildman–Crippen LogP) is 1.88. The van der Waals surface area contributed by atoms with E-state index < -0.39 is 6.10 Å². The van der Waals surface area contributed by atoms with Gasteiger partial charge in [0.15, 0.2) is 0 Å². The standard InChI is InChI=1S/C18H15N3O2.H2O/c22-18(12-4-3-5-13(8-12)20-23)9-16-14-6-1-2-7-15(14)17-10-19-11-21(16)17;/h1-8,10-11,16,18,22H,9H2;1H2. The molecule has 24 heavy (non-hydrogen) atoms. The SMILES string of the molecule is O=[NH+]c1cccc(C(O)CC2c3ccccc3-c3cncn32)c1.[OH-]. The van der Waals surface area contributed by atoms with Crippen molar-refractivity contribution in [1.29, 1.82) is 0 Å². The number of nitrogens with one attached hydrogen (secondary N) is 1. The van der Waals surface area contributed by atoms with Crippen molar-refractivity contribution in [1.82, 2.24) is 9.55 Å². The first-order valence-corrected chi connectivity index (χ1v) is 7.55. The Labute approximate surface area is 138 Å². The fraction of sp³-hybridized carbons (Fsp3) is 0.167. The van der Waals surface area contributed by atoms with Gasteiger partial charge in [-0.15, -0.1) is 0 Å². The van der Waals surface area contributed by atoms with E-state index in [1.165, 1.54) is 5.56 Å². The van der Waals surface area contributed by atoms with Crippen LogP contribution >= 0.6 is 0 Å². The Kier molecular flexibility index (Phi) is 4.24. The largest absolute Gasteiger partial charge is 0.870 e. The second kappa shape index (κ2) is 6.35. The maximum absolute atomic E-state index is 10.8. The Morgan fingerprint density at radius 1 is 1.21 bits per heavy atom. The molecular weight excluding hydrogens is 306 g/mol. The molecule has 6 heteroatoms. The molecule has 1 aliphatic rings. The number of aliphatic hydroxyl groups excluding tert-OH is 1. The lowest BCUT2D eigenvalue weighted by atomic mass is 9.95. The highest BCUT2D eigenvalue weighted by Gasteiger charge is 2.30. The fourth-order valence-electron chi connectivity index (χ4n) is 3.33. The van der Waals surface area contributed by atoms with Crippen molar-refractivity contribution in [3.05, 3.63) is 77.1 Å². The molecule has 2 aromatic carbocycles. The lowest BCUT2D eigenvalue weighted by Gasteiger charge is -2.19. The third kappa shape index (κ3) is 2.51. The van der Waals surface area contributed by atoms with Crippen molar-refractivity contribution in [3.8, 4) is 11.3 Å². The van der Waals surface area contributed by atoms with Crippen LogP contribution in [-0.4, -0.2) is 20.1 Å². The zero-order valence-corrected chi connectivity index (χ0v) is 12.8. The van der Waals surface area contributed by atoms with Gasteiger partial charge in [0.05, 0.1) is 30.4 Å². The van der Waals surface area contributed by atoms with Crippen LogP contribution in [0.1, 0.15) is 29.7 Å². The molecule has 1 aliphatic heterocycles. The Balaban J connectivity index is 0.00000169. The number of imidazole rings is 1. The van der Waals surface area contributed by atoms with E-state index in [2.05, 4.69) is 21.7 Å². The summed E-state index contributed by atoms with van der Waals surface area (Å²) in [7, 11) is 0. The second-order valence-electron chi connectivity index (χ2n) is 5.77. The first-order chi connectivity index (χ1) is 11.3. The number of fused-ring (bicyclic) bond motifs is 3. The molecule has 0 fully saturated rings. The van der Waals surface area contributed by atoms with Crippen molar-refractivity contribution >= 4 is 5.69 Å². The first-order valence-electron chi connectivity index (χ1n) is 7.55. The maximum atomic E-state index is 10.8. The van der Waals surface area contributed by atoms with Gasteiger partial charge in [0.25, 0.3) is 5.69 Å². The van der Waals surface area contributed by atoms with Crippen LogP contribution in [0.5, 0.6) is 0 Å². The fourth-order valence-corrected chi connectivity index (χ4v) is 3.33. The third-order valence-electron chi connectivity index (χ3n) is 4.43. The lowest BCUT2D eigenvalue weighted by Crippen LogP contribution is -2.55. The molecular formula is C18H17N3O3. The monoisotopic (exact) mass is 323 g/mol. The first kappa shape index (κ1) is 16.0. The molecule has 0 saturated carbocycles. The third-order valence-corrected chi connectivity index (χ3v) is 4.43. The number of aromatic nitrogens is 2. The quantitative estimate of drug-likeness (QED) is 0.765. The smallest absolute Gasteiger partial charge is 0.253 e. The Morgan fingerprint density at radius 2 is 2.04 bits per heavy atom. The van der Waals surface area contributed by atoms with Gasteiger partial charge < -0.3 is 15.1 Å². The number of hydrogen-bond donors (Lipinski definition) is 2. The molecule has 2 unspecified atom stereocenters. The number of rotatable bonds is 4. The van der Waals surface area contributed by atoms with Crippen LogP contribution in [0.4, 0.5) is 5.69 Å².